The van der Waals surface area contributed by atoms with Crippen molar-refractivity contribution >= 4 is 11.9 Å². The summed E-state index contributed by atoms with van der Waals surface area (Å²) in [5, 5.41) is 12.0. The van der Waals surface area contributed by atoms with Gasteiger partial charge in [0.1, 0.15) is 6.04 Å². The van der Waals surface area contributed by atoms with Crippen molar-refractivity contribution in [3.63, 3.8) is 0 Å². The van der Waals surface area contributed by atoms with E-state index in [-0.39, 0.29) is 17.4 Å². The smallest absolute Gasteiger partial charge is 0.326 e. The molecule has 2 rings (SSSR count). The quantitative estimate of drug-likeness (QED) is 0.743. The molecule has 0 radical (unpaired) electrons. The topological polar surface area (TPSA) is 78.9 Å². The van der Waals surface area contributed by atoms with Crippen LogP contribution in [0.15, 0.2) is 0 Å². The second-order valence-corrected chi connectivity index (χ2v) is 7.30. The number of carbonyl (C=O) groups is 2. The van der Waals surface area contributed by atoms with E-state index in [0.29, 0.717) is 26.1 Å². The zero-order valence-electron chi connectivity index (χ0n) is 14.3. The summed E-state index contributed by atoms with van der Waals surface area (Å²) in [6.07, 6.45) is 5.17. The lowest BCUT2D eigenvalue weighted by Crippen LogP contribution is -2.55. The third kappa shape index (κ3) is 4.91. The van der Waals surface area contributed by atoms with Gasteiger partial charge in [0.25, 0.3) is 0 Å². The molecule has 1 amide bonds. The lowest BCUT2D eigenvalue weighted by atomic mass is 9.89. The van der Waals surface area contributed by atoms with E-state index < -0.39 is 12.0 Å². The van der Waals surface area contributed by atoms with Crippen molar-refractivity contribution in [1.82, 2.24) is 10.2 Å². The SMILES string of the molecule is CC(C)C[C@@H](NC(=O)CC1(N2CCOCC2)CCCC1)C(=O)O. The van der Waals surface area contributed by atoms with Crippen LogP contribution in [0.25, 0.3) is 0 Å². The molecular formula is C17H30N2O4. The van der Waals surface area contributed by atoms with Crippen LogP contribution in [0, 0.1) is 5.92 Å². The molecule has 6 nitrogen and oxygen atoms in total. The average Bonchev–Trinajstić information content (AvgIpc) is 2.96. The van der Waals surface area contributed by atoms with Crippen LogP contribution in [0.2, 0.25) is 0 Å². The highest BCUT2D eigenvalue weighted by Gasteiger charge is 2.42. The average molecular weight is 326 g/mol. The first kappa shape index (κ1) is 18.2. The molecule has 132 valence electrons. The van der Waals surface area contributed by atoms with Gasteiger partial charge in [-0.1, -0.05) is 26.7 Å². The number of ether oxygens (including phenoxy) is 1. The number of morpholine rings is 1. The zero-order chi connectivity index (χ0) is 16.9. The minimum atomic E-state index is -0.945. The van der Waals surface area contributed by atoms with Gasteiger partial charge < -0.3 is 15.2 Å². The van der Waals surface area contributed by atoms with E-state index in [1.54, 1.807) is 0 Å². The number of rotatable bonds is 7. The standard InChI is InChI=1S/C17H30N2O4/c1-13(2)11-14(16(21)22)18-15(20)12-17(5-3-4-6-17)19-7-9-23-10-8-19/h13-14H,3-12H2,1-2H3,(H,18,20)(H,21,22)/t14-/m1/s1. The van der Waals surface area contributed by atoms with Crippen molar-refractivity contribution in [2.24, 2.45) is 5.92 Å². The molecule has 1 saturated heterocycles. The Morgan fingerprint density at radius 1 is 1.22 bits per heavy atom. The van der Waals surface area contributed by atoms with E-state index in [4.69, 9.17) is 4.74 Å². The molecule has 2 N–H and O–H groups in total. The summed E-state index contributed by atoms with van der Waals surface area (Å²) in [4.78, 5) is 26.2. The third-order valence-corrected chi connectivity index (χ3v) is 5.05. The van der Waals surface area contributed by atoms with E-state index in [0.717, 1.165) is 38.8 Å². The van der Waals surface area contributed by atoms with Gasteiger partial charge in [-0.15, -0.1) is 0 Å². The highest BCUT2D eigenvalue weighted by Crippen LogP contribution is 2.38. The molecule has 0 spiro atoms. The molecule has 0 aromatic carbocycles. The van der Waals surface area contributed by atoms with Gasteiger partial charge in [0.2, 0.25) is 5.91 Å². The molecule has 1 aliphatic carbocycles. The molecule has 2 aliphatic rings. The normalized spacial score (nSPS) is 22.9. The van der Waals surface area contributed by atoms with E-state index in [2.05, 4.69) is 10.2 Å². The first-order chi connectivity index (χ1) is 10.9. The fourth-order valence-corrected chi connectivity index (χ4v) is 3.91. The third-order valence-electron chi connectivity index (χ3n) is 5.05. The number of carboxylic acids is 1. The molecule has 1 aliphatic heterocycles. The molecule has 0 aromatic rings. The monoisotopic (exact) mass is 326 g/mol. The fourth-order valence-electron chi connectivity index (χ4n) is 3.91. The number of aliphatic carboxylic acids is 1. The van der Waals surface area contributed by atoms with Gasteiger partial charge in [-0.05, 0) is 25.2 Å². The summed E-state index contributed by atoms with van der Waals surface area (Å²) in [5.74, 6) is -0.846. The van der Waals surface area contributed by atoms with Gasteiger partial charge in [-0.3, -0.25) is 9.69 Å². The van der Waals surface area contributed by atoms with Gasteiger partial charge in [0.15, 0.2) is 0 Å². The number of nitrogens with zero attached hydrogens (tertiary/aromatic N) is 1. The van der Waals surface area contributed by atoms with Crippen LogP contribution in [0.5, 0.6) is 0 Å². The maximum absolute atomic E-state index is 12.5. The molecule has 2 fully saturated rings. The van der Waals surface area contributed by atoms with Crippen molar-refractivity contribution in [2.75, 3.05) is 26.3 Å². The van der Waals surface area contributed by atoms with Gasteiger partial charge >= 0.3 is 5.97 Å². The molecule has 0 unspecified atom stereocenters. The number of carbonyl (C=O) groups excluding carboxylic acids is 1. The number of nitrogens with one attached hydrogen (secondary N) is 1. The Morgan fingerprint density at radius 2 is 1.83 bits per heavy atom. The molecule has 1 atom stereocenters. The van der Waals surface area contributed by atoms with Crippen LogP contribution in [0.3, 0.4) is 0 Å². The second-order valence-electron chi connectivity index (χ2n) is 7.30. The lowest BCUT2D eigenvalue weighted by Gasteiger charge is -2.43. The van der Waals surface area contributed by atoms with Crippen LogP contribution >= 0.6 is 0 Å². The molecule has 0 bridgehead atoms. The van der Waals surface area contributed by atoms with E-state index in [1.165, 1.54) is 0 Å². The van der Waals surface area contributed by atoms with Crippen LogP contribution in [0.1, 0.15) is 52.4 Å². The first-order valence-electron chi connectivity index (χ1n) is 8.78. The summed E-state index contributed by atoms with van der Waals surface area (Å²) in [6.45, 7) is 7.09. The largest absolute Gasteiger partial charge is 0.480 e. The zero-order valence-corrected chi connectivity index (χ0v) is 14.3. The van der Waals surface area contributed by atoms with Crippen molar-refractivity contribution in [3.8, 4) is 0 Å². The van der Waals surface area contributed by atoms with Gasteiger partial charge in [-0.25, -0.2) is 4.79 Å². The minimum absolute atomic E-state index is 0.102. The molecule has 23 heavy (non-hydrogen) atoms. The Morgan fingerprint density at radius 3 is 2.35 bits per heavy atom. The van der Waals surface area contributed by atoms with Gasteiger partial charge in [0, 0.05) is 25.0 Å². The second kappa shape index (κ2) is 8.11. The van der Waals surface area contributed by atoms with Crippen molar-refractivity contribution in [3.05, 3.63) is 0 Å². The summed E-state index contributed by atoms with van der Waals surface area (Å²) in [5.41, 5.74) is -0.102. The Hall–Kier alpha value is -1.14. The maximum atomic E-state index is 12.5. The Labute approximate surface area is 138 Å². The molecular weight excluding hydrogens is 296 g/mol. The van der Waals surface area contributed by atoms with Gasteiger partial charge in [0.05, 0.1) is 13.2 Å². The maximum Gasteiger partial charge on any atom is 0.326 e. The fraction of sp³-hybridized carbons (Fsp3) is 0.882. The summed E-state index contributed by atoms with van der Waals surface area (Å²) >= 11 is 0. The predicted molar refractivity (Wildman–Crippen MR) is 87.2 cm³/mol. The van der Waals surface area contributed by atoms with Crippen molar-refractivity contribution < 1.29 is 19.4 Å². The highest BCUT2D eigenvalue weighted by molar-refractivity contribution is 5.84. The summed E-state index contributed by atoms with van der Waals surface area (Å²) < 4.78 is 5.43. The Bertz CT molecular complexity index is 413. The Kier molecular flexibility index (Phi) is 6.41. The van der Waals surface area contributed by atoms with Gasteiger partial charge in [-0.2, -0.15) is 0 Å². The van der Waals surface area contributed by atoms with E-state index >= 15 is 0 Å². The summed E-state index contributed by atoms with van der Waals surface area (Å²) in [6, 6.07) is -0.786. The predicted octanol–water partition coefficient (Wildman–Crippen LogP) is 1.64. The lowest BCUT2D eigenvalue weighted by molar-refractivity contribution is -0.143. The molecule has 6 heteroatoms. The number of carboxylic acid groups (broad SMARTS) is 1. The Balaban J connectivity index is 1.98. The minimum Gasteiger partial charge on any atom is -0.480 e. The molecule has 0 aromatic heterocycles. The first-order valence-corrected chi connectivity index (χ1v) is 8.78. The van der Waals surface area contributed by atoms with Crippen LogP contribution in [-0.4, -0.2) is 59.8 Å². The number of hydrogen-bond donors (Lipinski definition) is 2. The number of amides is 1. The van der Waals surface area contributed by atoms with Crippen LogP contribution in [0.4, 0.5) is 0 Å². The highest BCUT2D eigenvalue weighted by atomic mass is 16.5. The van der Waals surface area contributed by atoms with Crippen LogP contribution in [-0.2, 0) is 14.3 Å². The van der Waals surface area contributed by atoms with E-state index in [1.807, 2.05) is 13.8 Å². The van der Waals surface area contributed by atoms with Crippen LogP contribution < -0.4 is 5.32 Å². The molecule has 1 heterocycles. The van der Waals surface area contributed by atoms with E-state index in [9.17, 15) is 14.7 Å². The van der Waals surface area contributed by atoms with Crippen molar-refractivity contribution in [1.29, 1.82) is 0 Å². The van der Waals surface area contributed by atoms with Crippen molar-refractivity contribution in [2.45, 2.75) is 64.0 Å². The number of hydrogen-bond acceptors (Lipinski definition) is 4. The summed E-state index contributed by atoms with van der Waals surface area (Å²) in [7, 11) is 0. The molecule has 1 saturated carbocycles.